The standard InChI is InChI=1S/C22H26N2O2S/c1-25-20-8-3-4-9-21(20)26-16-6-11-23-12-14-24(15-13-23)19-17-27-22-10-5-2-7-18(19)22/h2-5,7-10,17H,6,11-16H2,1H3. The highest BCUT2D eigenvalue weighted by atomic mass is 32.1. The van der Waals surface area contributed by atoms with Gasteiger partial charge in [-0.05, 0) is 24.6 Å². The van der Waals surface area contributed by atoms with E-state index >= 15 is 0 Å². The van der Waals surface area contributed by atoms with Gasteiger partial charge >= 0.3 is 0 Å². The first-order valence-corrected chi connectivity index (χ1v) is 10.4. The molecule has 1 saturated heterocycles. The lowest BCUT2D eigenvalue weighted by molar-refractivity contribution is 0.221. The number of hydrogen-bond acceptors (Lipinski definition) is 5. The number of rotatable bonds is 7. The lowest BCUT2D eigenvalue weighted by Crippen LogP contribution is -2.46. The average Bonchev–Trinajstić information content (AvgIpc) is 3.16. The second-order valence-electron chi connectivity index (χ2n) is 6.80. The van der Waals surface area contributed by atoms with Crippen molar-refractivity contribution in [2.75, 3.05) is 51.3 Å². The van der Waals surface area contributed by atoms with E-state index in [2.05, 4.69) is 39.4 Å². The molecule has 5 heteroatoms. The summed E-state index contributed by atoms with van der Waals surface area (Å²) in [6.45, 7) is 6.20. The molecule has 3 aromatic rings. The average molecular weight is 383 g/mol. The van der Waals surface area contributed by atoms with Crippen LogP contribution in [0.15, 0.2) is 53.9 Å². The normalized spacial score (nSPS) is 15.2. The molecule has 0 N–H and O–H groups in total. The van der Waals surface area contributed by atoms with Crippen LogP contribution >= 0.6 is 11.3 Å². The Hall–Kier alpha value is -2.24. The molecule has 0 saturated carbocycles. The molecule has 1 aliphatic heterocycles. The van der Waals surface area contributed by atoms with Crippen molar-refractivity contribution in [2.45, 2.75) is 6.42 Å². The minimum absolute atomic E-state index is 0.718. The topological polar surface area (TPSA) is 24.9 Å². The molecule has 0 amide bonds. The third-order valence-corrected chi connectivity index (χ3v) is 6.07. The van der Waals surface area contributed by atoms with Gasteiger partial charge < -0.3 is 14.4 Å². The Balaban J connectivity index is 1.23. The van der Waals surface area contributed by atoms with Crippen LogP contribution in [0.4, 0.5) is 5.69 Å². The number of thiophene rings is 1. The zero-order valence-electron chi connectivity index (χ0n) is 15.8. The van der Waals surface area contributed by atoms with Gasteiger partial charge in [0.1, 0.15) is 0 Å². The van der Waals surface area contributed by atoms with Crippen molar-refractivity contribution < 1.29 is 9.47 Å². The molecule has 2 aromatic carbocycles. The van der Waals surface area contributed by atoms with Gasteiger partial charge in [0.05, 0.1) is 19.4 Å². The summed E-state index contributed by atoms with van der Waals surface area (Å²) < 4.78 is 12.6. The highest BCUT2D eigenvalue weighted by molar-refractivity contribution is 7.17. The molecule has 2 heterocycles. The lowest BCUT2D eigenvalue weighted by atomic mass is 10.2. The Morgan fingerprint density at radius 3 is 2.48 bits per heavy atom. The zero-order valence-corrected chi connectivity index (χ0v) is 16.6. The molecule has 0 spiro atoms. The highest BCUT2D eigenvalue weighted by Crippen LogP contribution is 2.33. The van der Waals surface area contributed by atoms with Crippen molar-refractivity contribution in [3.8, 4) is 11.5 Å². The van der Waals surface area contributed by atoms with Crippen molar-refractivity contribution in [3.63, 3.8) is 0 Å². The van der Waals surface area contributed by atoms with Crippen LogP contribution in [0, 0.1) is 0 Å². The molecule has 4 nitrogen and oxygen atoms in total. The van der Waals surface area contributed by atoms with Crippen molar-refractivity contribution in [3.05, 3.63) is 53.9 Å². The van der Waals surface area contributed by atoms with E-state index in [1.165, 1.54) is 15.8 Å². The van der Waals surface area contributed by atoms with Gasteiger partial charge in [-0.25, -0.2) is 0 Å². The minimum Gasteiger partial charge on any atom is -0.493 e. The summed E-state index contributed by atoms with van der Waals surface area (Å²) in [6, 6.07) is 16.5. The molecule has 0 unspecified atom stereocenters. The third-order valence-electron chi connectivity index (χ3n) is 5.12. The smallest absolute Gasteiger partial charge is 0.161 e. The molecule has 1 aliphatic rings. The number of hydrogen-bond donors (Lipinski definition) is 0. The molecular formula is C22H26N2O2S. The quantitative estimate of drug-likeness (QED) is 0.562. The predicted molar refractivity (Wildman–Crippen MR) is 114 cm³/mol. The zero-order chi connectivity index (χ0) is 18.5. The van der Waals surface area contributed by atoms with Crippen LogP contribution in [0.3, 0.4) is 0 Å². The van der Waals surface area contributed by atoms with Gasteiger partial charge in [0, 0.05) is 48.2 Å². The van der Waals surface area contributed by atoms with Gasteiger partial charge in [-0.15, -0.1) is 11.3 Å². The Labute approximate surface area is 164 Å². The van der Waals surface area contributed by atoms with Crippen molar-refractivity contribution in [1.29, 1.82) is 0 Å². The number of fused-ring (bicyclic) bond motifs is 1. The van der Waals surface area contributed by atoms with Crippen molar-refractivity contribution >= 4 is 27.1 Å². The van der Waals surface area contributed by atoms with Crippen LogP contribution in [-0.2, 0) is 0 Å². The molecule has 4 rings (SSSR count). The number of benzene rings is 2. The molecule has 1 fully saturated rings. The van der Waals surface area contributed by atoms with E-state index in [0.717, 1.165) is 57.3 Å². The van der Waals surface area contributed by atoms with Crippen LogP contribution in [0.1, 0.15) is 6.42 Å². The van der Waals surface area contributed by atoms with Gasteiger partial charge in [0.15, 0.2) is 11.5 Å². The van der Waals surface area contributed by atoms with E-state index in [4.69, 9.17) is 9.47 Å². The van der Waals surface area contributed by atoms with Crippen LogP contribution in [0.5, 0.6) is 11.5 Å². The fourth-order valence-corrected chi connectivity index (χ4v) is 4.60. The Kier molecular flexibility index (Phi) is 5.80. The number of piperazine rings is 1. The predicted octanol–water partition coefficient (Wildman–Crippen LogP) is 4.50. The second kappa shape index (κ2) is 8.63. The van der Waals surface area contributed by atoms with E-state index in [9.17, 15) is 0 Å². The van der Waals surface area contributed by atoms with Gasteiger partial charge in [-0.2, -0.15) is 0 Å². The van der Waals surface area contributed by atoms with Gasteiger partial charge in [0.2, 0.25) is 0 Å². The van der Waals surface area contributed by atoms with Crippen LogP contribution in [0.2, 0.25) is 0 Å². The number of ether oxygens (including phenoxy) is 2. The second-order valence-corrected chi connectivity index (χ2v) is 7.71. The van der Waals surface area contributed by atoms with Crippen molar-refractivity contribution in [2.24, 2.45) is 0 Å². The Morgan fingerprint density at radius 1 is 0.926 bits per heavy atom. The summed E-state index contributed by atoms with van der Waals surface area (Å²) in [4.78, 5) is 5.07. The Morgan fingerprint density at radius 2 is 1.67 bits per heavy atom. The molecule has 0 atom stereocenters. The lowest BCUT2D eigenvalue weighted by Gasteiger charge is -2.35. The van der Waals surface area contributed by atoms with E-state index in [1.807, 2.05) is 35.6 Å². The maximum absolute atomic E-state index is 5.89. The third kappa shape index (κ3) is 4.20. The fraction of sp³-hybridized carbons (Fsp3) is 0.364. The molecular weight excluding hydrogens is 356 g/mol. The summed E-state index contributed by atoms with van der Waals surface area (Å²) >= 11 is 1.84. The molecule has 0 bridgehead atoms. The van der Waals surface area contributed by atoms with Crippen LogP contribution in [0.25, 0.3) is 10.1 Å². The summed E-state index contributed by atoms with van der Waals surface area (Å²) in [5.74, 6) is 1.63. The largest absolute Gasteiger partial charge is 0.493 e. The molecule has 0 radical (unpaired) electrons. The first-order chi connectivity index (χ1) is 13.3. The fourth-order valence-electron chi connectivity index (χ4n) is 3.63. The van der Waals surface area contributed by atoms with Gasteiger partial charge in [-0.3, -0.25) is 4.90 Å². The number of anilines is 1. The van der Waals surface area contributed by atoms with E-state index in [-0.39, 0.29) is 0 Å². The number of nitrogens with zero attached hydrogens (tertiary/aromatic N) is 2. The SMILES string of the molecule is COc1ccccc1OCCCN1CCN(c2csc3ccccc23)CC1. The highest BCUT2D eigenvalue weighted by Gasteiger charge is 2.19. The first kappa shape index (κ1) is 18.1. The number of methoxy groups -OCH3 is 1. The monoisotopic (exact) mass is 382 g/mol. The van der Waals surface area contributed by atoms with Gasteiger partial charge in [-0.1, -0.05) is 30.3 Å². The molecule has 27 heavy (non-hydrogen) atoms. The first-order valence-electron chi connectivity index (χ1n) is 9.54. The van der Waals surface area contributed by atoms with E-state index in [1.54, 1.807) is 7.11 Å². The summed E-state index contributed by atoms with van der Waals surface area (Å²) in [7, 11) is 1.68. The molecule has 1 aromatic heterocycles. The summed E-state index contributed by atoms with van der Waals surface area (Å²) in [5, 5.41) is 3.70. The summed E-state index contributed by atoms with van der Waals surface area (Å²) in [5.41, 5.74) is 1.40. The van der Waals surface area contributed by atoms with Crippen LogP contribution in [-0.4, -0.2) is 51.3 Å². The van der Waals surface area contributed by atoms with Crippen molar-refractivity contribution in [1.82, 2.24) is 4.90 Å². The Bertz CT molecular complexity index is 871. The molecule has 0 aliphatic carbocycles. The minimum atomic E-state index is 0.718. The maximum Gasteiger partial charge on any atom is 0.161 e. The summed E-state index contributed by atoms with van der Waals surface area (Å²) in [6.07, 6.45) is 1.03. The van der Waals surface area contributed by atoms with Crippen LogP contribution < -0.4 is 14.4 Å². The molecule has 142 valence electrons. The maximum atomic E-state index is 5.89. The van der Waals surface area contributed by atoms with E-state index < -0.39 is 0 Å². The van der Waals surface area contributed by atoms with Gasteiger partial charge in [0.25, 0.3) is 0 Å². The number of para-hydroxylation sites is 2. The van der Waals surface area contributed by atoms with E-state index in [0.29, 0.717) is 0 Å².